The van der Waals surface area contributed by atoms with Crippen LogP contribution in [-0.2, 0) is 9.16 Å². The number of hydrogen-bond acceptors (Lipinski definition) is 7. The Balaban J connectivity index is 1.19. The number of carbonyl (C=O) groups is 1. The minimum absolute atomic E-state index is 0.0248. The zero-order valence-corrected chi connectivity index (χ0v) is 26.6. The molecule has 0 bridgehead atoms. The van der Waals surface area contributed by atoms with Crippen LogP contribution in [0.5, 0.6) is 0 Å². The van der Waals surface area contributed by atoms with Crippen molar-refractivity contribution in [2.45, 2.75) is 63.2 Å². The molecule has 3 aromatic carbocycles. The minimum Gasteiger partial charge on any atom is -0.404 e. The van der Waals surface area contributed by atoms with Crippen molar-refractivity contribution in [1.29, 1.82) is 0 Å². The number of nitrogens with one attached hydrogen (secondary N) is 1. The predicted octanol–water partition coefficient (Wildman–Crippen LogP) is 4.69. The van der Waals surface area contributed by atoms with Crippen LogP contribution in [-0.4, -0.2) is 57.2 Å². The van der Waals surface area contributed by atoms with Crippen LogP contribution in [0.1, 0.15) is 50.2 Å². The zero-order valence-electron chi connectivity index (χ0n) is 25.6. The Morgan fingerprint density at radius 2 is 1.53 bits per heavy atom. The third-order valence-electron chi connectivity index (χ3n) is 9.22. The molecule has 0 spiro atoms. The van der Waals surface area contributed by atoms with Crippen LogP contribution in [0.2, 0.25) is 5.04 Å². The number of ether oxygens (including phenoxy) is 1. The average Bonchev–Trinajstić information content (AvgIpc) is 3.76. The third kappa shape index (κ3) is 5.17. The Hall–Kier alpha value is -4.22. The van der Waals surface area contributed by atoms with Crippen LogP contribution in [0.25, 0.3) is 11.2 Å². The molecule has 5 aromatic rings. The molecule has 3 heterocycles. The highest BCUT2D eigenvalue weighted by Gasteiger charge is 2.57. The molecule has 2 N–H and O–H groups in total. The van der Waals surface area contributed by atoms with Crippen LogP contribution in [0.15, 0.2) is 104 Å². The topological polar surface area (TPSA) is 111 Å². The number of rotatable bonds is 7. The number of aliphatic hydroxyl groups is 1. The zero-order chi connectivity index (χ0) is 31.2. The molecule has 1 amide bonds. The van der Waals surface area contributed by atoms with Crippen molar-refractivity contribution in [2.24, 2.45) is 5.92 Å². The SMILES string of the molecule is CC(C)(C)[Si](O[C@@H]1C[C@@H](O)[C@H]2O[C@H](n3cnc4c(NC(=O)c5ccccc5)ncnc43)C[C@H]21)(c1ccccc1)c1ccccc1. The van der Waals surface area contributed by atoms with Gasteiger partial charge in [0.25, 0.3) is 14.2 Å². The Morgan fingerprint density at radius 3 is 2.16 bits per heavy atom. The van der Waals surface area contributed by atoms with Crippen LogP contribution >= 0.6 is 0 Å². The fourth-order valence-electron chi connectivity index (χ4n) is 7.15. The van der Waals surface area contributed by atoms with Gasteiger partial charge in [-0.3, -0.25) is 9.36 Å². The molecule has 1 aliphatic carbocycles. The smallest absolute Gasteiger partial charge is 0.261 e. The van der Waals surface area contributed by atoms with Crippen molar-refractivity contribution in [3.05, 3.63) is 109 Å². The molecule has 0 radical (unpaired) electrons. The van der Waals surface area contributed by atoms with Crippen LogP contribution in [0.4, 0.5) is 5.82 Å². The van der Waals surface area contributed by atoms with E-state index in [0.717, 1.165) is 0 Å². The van der Waals surface area contributed by atoms with E-state index in [1.165, 1.54) is 16.7 Å². The Morgan fingerprint density at radius 1 is 0.911 bits per heavy atom. The first kappa shape index (κ1) is 29.5. The highest BCUT2D eigenvalue weighted by atomic mass is 28.4. The van der Waals surface area contributed by atoms with E-state index >= 15 is 0 Å². The number of amides is 1. The maximum absolute atomic E-state index is 12.8. The van der Waals surface area contributed by atoms with Gasteiger partial charge in [-0.05, 0) is 27.5 Å². The molecule has 9 nitrogen and oxygen atoms in total. The van der Waals surface area contributed by atoms with E-state index in [9.17, 15) is 9.90 Å². The second-order valence-electron chi connectivity index (χ2n) is 12.9. The number of aliphatic hydroxyl groups excluding tert-OH is 1. The highest BCUT2D eigenvalue weighted by molar-refractivity contribution is 6.99. The van der Waals surface area contributed by atoms with Crippen molar-refractivity contribution in [3.8, 4) is 0 Å². The van der Waals surface area contributed by atoms with E-state index in [4.69, 9.17) is 9.16 Å². The molecule has 2 aliphatic rings. The van der Waals surface area contributed by atoms with Crippen molar-refractivity contribution >= 4 is 41.6 Å². The van der Waals surface area contributed by atoms with Gasteiger partial charge in [0, 0.05) is 24.3 Å². The summed E-state index contributed by atoms with van der Waals surface area (Å²) in [6, 6.07) is 30.1. The Bertz CT molecular complexity index is 1760. The molecular weight excluding hydrogens is 583 g/mol. The summed E-state index contributed by atoms with van der Waals surface area (Å²) in [6.07, 6.45) is 2.59. The summed E-state index contributed by atoms with van der Waals surface area (Å²) in [5.74, 6) is 0.0326. The average molecular weight is 620 g/mol. The van der Waals surface area contributed by atoms with Gasteiger partial charge in [0.2, 0.25) is 0 Å². The van der Waals surface area contributed by atoms with E-state index in [0.29, 0.717) is 35.4 Å². The van der Waals surface area contributed by atoms with Gasteiger partial charge in [0.05, 0.1) is 24.6 Å². The summed E-state index contributed by atoms with van der Waals surface area (Å²) >= 11 is 0. The monoisotopic (exact) mass is 619 g/mol. The highest BCUT2D eigenvalue weighted by Crippen LogP contribution is 2.48. The number of hydrogen-bond donors (Lipinski definition) is 2. The molecule has 0 unspecified atom stereocenters. The first-order chi connectivity index (χ1) is 21.8. The largest absolute Gasteiger partial charge is 0.404 e. The molecule has 45 heavy (non-hydrogen) atoms. The van der Waals surface area contributed by atoms with Crippen LogP contribution in [0, 0.1) is 5.92 Å². The van der Waals surface area contributed by atoms with Crippen molar-refractivity contribution in [1.82, 2.24) is 19.5 Å². The second kappa shape index (κ2) is 11.6. The fourth-order valence-corrected chi connectivity index (χ4v) is 11.9. The maximum Gasteiger partial charge on any atom is 0.261 e. The standard InChI is InChI=1S/C35H37N5O4Si/c1-35(2,3)45(24-15-9-5-10-16-24,25-17-11-6-12-18-25)44-28-20-27(41)31-26(28)19-29(43-31)40-22-38-30-32(36-21-37-33(30)40)39-34(42)23-13-7-4-8-14-23/h4-18,21-22,26-29,31,41H,19-20H2,1-3H3,(H,36,37,39,42)/t26-,27+,28+,29-,31-/m0/s1. The first-order valence-corrected chi connectivity index (χ1v) is 17.3. The summed E-state index contributed by atoms with van der Waals surface area (Å²) in [5, 5.41) is 16.4. The molecule has 1 saturated heterocycles. The Labute approximate surface area is 263 Å². The predicted molar refractivity (Wildman–Crippen MR) is 175 cm³/mol. The molecule has 10 heteroatoms. The normalized spacial score (nSPS) is 23.2. The van der Waals surface area contributed by atoms with Crippen LogP contribution in [0.3, 0.4) is 0 Å². The lowest BCUT2D eigenvalue weighted by molar-refractivity contribution is -0.0525. The number of carbonyl (C=O) groups excluding carboxylic acids is 1. The molecular formula is C35H37N5O4Si. The summed E-state index contributed by atoms with van der Waals surface area (Å²) in [6.45, 7) is 6.80. The second-order valence-corrected chi connectivity index (χ2v) is 17.2. The van der Waals surface area contributed by atoms with Gasteiger partial charge in [-0.25, -0.2) is 15.0 Å². The summed E-state index contributed by atoms with van der Waals surface area (Å²) in [7, 11) is -2.83. The molecule has 1 saturated carbocycles. The van der Waals surface area contributed by atoms with E-state index in [-0.39, 0.29) is 29.1 Å². The number of anilines is 1. The van der Waals surface area contributed by atoms with Crippen molar-refractivity contribution in [3.63, 3.8) is 0 Å². The van der Waals surface area contributed by atoms with Gasteiger partial charge in [-0.15, -0.1) is 0 Å². The summed E-state index contributed by atoms with van der Waals surface area (Å²) in [5.41, 5.74) is 1.55. The number of nitrogens with zero attached hydrogens (tertiary/aromatic N) is 4. The number of aromatic nitrogens is 4. The number of imidazole rings is 1. The molecule has 7 rings (SSSR count). The van der Waals surface area contributed by atoms with E-state index in [2.05, 4.69) is 89.6 Å². The third-order valence-corrected chi connectivity index (χ3v) is 14.3. The van der Waals surface area contributed by atoms with Gasteiger partial charge in [-0.1, -0.05) is 99.6 Å². The van der Waals surface area contributed by atoms with Gasteiger partial charge < -0.3 is 19.6 Å². The quantitative estimate of drug-likeness (QED) is 0.254. The fraction of sp³-hybridized carbons (Fsp3) is 0.314. The van der Waals surface area contributed by atoms with E-state index < -0.39 is 20.6 Å². The van der Waals surface area contributed by atoms with Gasteiger partial charge >= 0.3 is 0 Å². The summed E-state index contributed by atoms with van der Waals surface area (Å²) in [4.78, 5) is 26.2. The molecule has 1 aliphatic heterocycles. The maximum atomic E-state index is 12.8. The van der Waals surface area contributed by atoms with Gasteiger partial charge in [-0.2, -0.15) is 0 Å². The number of benzene rings is 3. The van der Waals surface area contributed by atoms with Crippen molar-refractivity contribution < 1.29 is 19.1 Å². The molecule has 2 fully saturated rings. The minimum atomic E-state index is -2.83. The van der Waals surface area contributed by atoms with E-state index in [1.807, 2.05) is 34.9 Å². The van der Waals surface area contributed by atoms with E-state index in [1.54, 1.807) is 18.5 Å². The van der Waals surface area contributed by atoms with Gasteiger partial charge in [0.15, 0.2) is 17.0 Å². The van der Waals surface area contributed by atoms with Gasteiger partial charge in [0.1, 0.15) is 12.6 Å². The molecule has 5 atom stereocenters. The lowest BCUT2D eigenvalue weighted by Crippen LogP contribution is -2.68. The lowest BCUT2D eigenvalue weighted by Gasteiger charge is -2.45. The van der Waals surface area contributed by atoms with Crippen LogP contribution < -0.4 is 15.7 Å². The molecule has 2 aromatic heterocycles. The first-order valence-electron chi connectivity index (χ1n) is 15.4. The number of fused-ring (bicyclic) bond motifs is 2. The van der Waals surface area contributed by atoms with Crippen molar-refractivity contribution in [2.75, 3.05) is 5.32 Å². The molecule has 230 valence electrons. The lowest BCUT2D eigenvalue weighted by atomic mass is 10.0. The Kier molecular flexibility index (Phi) is 7.61. The summed E-state index contributed by atoms with van der Waals surface area (Å²) < 4.78 is 15.9.